The third kappa shape index (κ3) is 6.70. The molecule has 0 aliphatic carbocycles. The molecule has 13 nitrogen and oxygen atoms in total. The lowest BCUT2D eigenvalue weighted by molar-refractivity contribution is -0.151. The predicted molar refractivity (Wildman–Crippen MR) is 238 cm³/mol. The molecule has 0 saturated carbocycles. The molecule has 10 rings (SSSR count). The minimum Gasteiger partial charge on any atom is -0.482 e. The van der Waals surface area contributed by atoms with Crippen molar-refractivity contribution in [2.45, 2.75) is 69.2 Å². The molecule has 5 aliphatic rings. The Labute approximate surface area is 366 Å². The number of amides is 4. The second kappa shape index (κ2) is 15.5. The van der Waals surface area contributed by atoms with Crippen molar-refractivity contribution in [1.29, 1.82) is 0 Å². The number of aliphatic hydroxyl groups is 1. The van der Waals surface area contributed by atoms with Crippen molar-refractivity contribution in [2.75, 3.05) is 34.5 Å². The number of anilines is 5. The van der Waals surface area contributed by atoms with Crippen molar-refractivity contribution in [3.8, 4) is 11.5 Å². The molecule has 5 atom stereocenters. The number of carbonyl (C=O) groups is 4. The van der Waals surface area contributed by atoms with E-state index in [0.29, 0.717) is 58.5 Å². The zero-order valence-electron chi connectivity index (χ0n) is 35.3. The molecule has 1 saturated heterocycles. The maximum absolute atomic E-state index is 15.5. The normalized spacial score (nSPS) is 23.9. The molecule has 14 heteroatoms. The number of ether oxygens (including phenoxy) is 3. The van der Waals surface area contributed by atoms with Crippen LogP contribution in [0.15, 0.2) is 115 Å². The zero-order valence-corrected chi connectivity index (χ0v) is 36.3. The zero-order chi connectivity index (χ0) is 43.8. The minimum atomic E-state index is -3.19. The van der Waals surface area contributed by atoms with Crippen LogP contribution < -0.4 is 24.2 Å². The Morgan fingerprint density at radius 3 is 1.98 bits per heavy atom. The molecule has 63 heavy (non-hydrogen) atoms. The molecule has 4 amide bonds. The lowest BCUT2D eigenvalue weighted by atomic mass is 9.82. The van der Waals surface area contributed by atoms with Gasteiger partial charge in [-0.1, -0.05) is 67.6 Å². The van der Waals surface area contributed by atoms with Gasteiger partial charge in [0.25, 0.3) is 17.7 Å². The fourth-order valence-corrected chi connectivity index (χ4v) is 13.2. The van der Waals surface area contributed by atoms with Gasteiger partial charge >= 0.3 is 0 Å². The maximum Gasteiger partial charge on any atom is 0.269 e. The molecule has 0 radical (unpaired) electrons. The topological polar surface area (TPSA) is 149 Å². The van der Waals surface area contributed by atoms with E-state index in [1.54, 1.807) is 25.7 Å². The van der Waals surface area contributed by atoms with Crippen molar-refractivity contribution in [1.82, 2.24) is 4.90 Å². The lowest BCUT2D eigenvalue weighted by Crippen LogP contribution is -2.48. The van der Waals surface area contributed by atoms with Gasteiger partial charge in [-0.05, 0) is 90.8 Å². The fourth-order valence-electron chi connectivity index (χ4n) is 10.6. The van der Waals surface area contributed by atoms with Crippen molar-refractivity contribution >= 4 is 60.4 Å². The van der Waals surface area contributed by atoms with E-state index in [1.165, 1.54) is 0 Å². The van der Waals surface area contributed by atoms with E-state index in [9.17, 15) is 24.3 Å². The van der Waals surface area contributed by atoms with Crippen LogP contribution in [0.1, 0.15) is 35.6 Å². The van der Waals surface area contributed by atoms with Crippen LogP contribution in [-0.4, -0.2) is 78.7 Å². The molecule has 5 heterocycles. The molecule has 5 aliphatic heterocycles. The van der Waals surface area contributed by atoms with Gasteiger partial charge in [0, 0.05) is 34.9 Å². The van der Waals surface area contributed by atoms with Gasteiger partial charge in [-0.25, -0.2) is 0 Å². The summed E-state index contributed by atoms with van der Waals surface area (Å²) in [6.45, 7) is 5.58. The Morgan fingerprint density at radius 1 is 0.762 bits per heavy atom. The largest absolute Gasteiger partial charge is 0.482 e. The number of aliphatic hydroxyl groups excluding tert-OH is 1. The van der Waals surface area contributed by atoms with E-state index in [0.717, 1.165) is 16.7 Å². The Hall–Kier alpha value is -6.32. The second-order valence-corrected chi connectivity index (χ2v) is 21.6. The molecule has 0 unspecified atom stereocenters. The van der Waals surface area contributed by atoms with Gasteiger partial charge in [0.15, 0.2) is 27.1 Å². The summed E-state index contributed by atoms with van der Waals surface area (Å²) in [4.78, 5) is 75.4. The first kappa shape index (κ1) is 40.7. The first-order valence-corrected chi connectivity index (χ1v) is 24.4. The summed E-state index contributed by atoms with van der Waals surface area (Å²) in [6, 6.07) is 35.1. The molecule has 1 spiro atoms. The van der Waals surface area contributed by atoms with Gasteiger partial charge in [0.2, 0.25) is 5.91 Å². The van der Waals surface area contributed by atoms with Gasteiger partial charge in [-0.15, -0.1) is 0 Å². The van der Waals surface area contributed by atoms with Crippen LogP contribution in [0.25, 0.3) is 0 Å². The van der Waals surface area contributed by atoms with Crippen LogP contribution in [0.4, 0.5) is 28.4 Å². The summed E-state index contributed by atoms with van der Waals surface area (Å²) in [7, 11) is -3.19. The van der Waals surface area contributed by atoms with Crippen LogP contribution in [0.3, 0.4) is 0 Å². The monoisotopic (exact) mass is 864 g/mol. The Morgan fingerprint density at radius 2 is 1.35 bits per heavy atom. The first-order valence-electron chi connectivity index (χ1n) is 21.4. The van der Waals surface area contributed by atoms with E-state index < -0.39 is 37.5 Å². The molecule has 1 fully saturated rings. The molecular formula is C49H48N4O9Si. The summed E-state index contributed by atoms with van der Waals surface area (Å²) >= 11 is 0. The van der Waals surface area contributed by atoms with Gasteiger partial charge in [-0.2, -0.15) is 0 Å². The highest BCUT2D eigenvalue weighted by molar-refractivity contribution is 6.71. The summed E-state index contributed by atoms with van der Waals surface area (Å²) < 4.78 is 18.6. The summed E-state index contributed by atoms with van der Waals surface area (Å²) in [5, 5.41) is 10.5. The molecule has 322 valence electrons. The summed E-state index contributed by atoms with van der Waals surface area (Å²) in [5.41, 5.74) is 4.23. The SMILES string of the molecule is C[C@@H]1[C@@H]([Si](C)(C)O)[C@H](CC(=O)N2Cc3ccccc3C[C@H]2CO)O[C@@]12C(=O)N(Cc1ccc(N3C(=O)COc4ccccc43)cc1)c1ccc(N3C(=O)COc4ccccc43)cc12. The highest BCUT2D eigenvalue weighted by Gasteiger charge is 2.66. The van der Waals surface area contributed by atoms with Crippen molar-refractivity contribution in [3.63, 3.8) is 0 Å². The predicted octanol–water partition coefficient (Wildman–Crippen LogP) is 6.48. The number of nitrogens with zero attached hydrogens (tertiary/aromatic N) is 4. The number of benzene rings is 5. The Balaban J connectivity index is 1.03. The number of fused-ring (bicyclic) bond motifs is 5. The number of hydrogen-bond acceptors (Lipinski definition) is 9. The molecule has 0 bridgehead atoms. The number of para-hydroxylation sites is 4. The van der Waals surface area contributed by atoms with Crippen LogP contribution in [-0.2, 0) is 49.0 Å². The maximum atomic E-state index is 15.5. The van der Waals surface area contributed by atoms with Crippen molar-refractivity contribution in [2.24, 2.45) is 5.92 Å². The second-order valence-electron chi connectivity index (χ2n) is 17.6. The third-order valence-corrected chi connectivity index (χ3v) is 15.9. The Kier molecular flexibility index (Phi) is 10.0. The first-order chi connectivity index (χ1) is 30.4. The van der Waals surface area contributed by atoms with Gasteiger partial charge < -0.3 is 33.9 Å². The van der Waals surface area contributed by atoms with Crippen molar-refractivity contribution in [3.05, 3.63) is 138 Å². The molecule has 5 aromatic carbocycles. The minimum absolute atomic E-state index is 0.0865. The van der Waals surface area contributed by atoms with E-state index in [1.807, 2.05) is 129 Å². The van der Waals surface area contributed by atoms with Gasteiger partial charge in [0.1, 0.15) is 11.5 Å². The van der Waals surface area contributed by atoms with Crippen LogP contribution in [0.2, 0.25) is 18.6 Å². The van der Waals surface area contributed by atoms with E-state index in [4.69, 9.17) is 14.2 Å². The van der Waals surface area contributed by atoms with E-state index in [-0.39, 0.29) is 56.4 Å². The average Bonchev–Trinajstić information content (AvgIpc) is 3.71. The van der Waals surface area contributed by atoms with Crippen molar-refractivity contribution < 1.29 is 43.3 Å². The van der Waals surface area contributed by atoms with E-state index in [2.05, 4.69) is 0 Å². The average molecular weight is 865 g/mol. The molecular weight excluding hydrogens is 817 g/mol. The number of rotatable bonds is 8. The smallest absolute Gasteiger partial charge is 0.269 e. The van der Waals surface area contributed by atoms with Crippen LogP contribution >= 0.6 is 0 Å². The van der Waals surface area contributed by atoms with Crippen LogP contribution in [0, 0.1) is 5.92 Å². The summed E-state index contributed by atoms with van der Waals surface area (Å²) in [5.74, 6) is -0.477. The van der Waals surface area contributed by atoms with Gasteiger partial charge in [-0.3, -0.25) is 29.0 Å². The van der Waals surface area contributed by atoms with Crippen LogP contribution in [0.5, 0.6) is 11.5 Å². The van der Waals surface area contributed by atoms with Gasteiger partial charge in [0.05, 0.1) is 48.8 Å². The quantitative estimate of drug-likeness (QED) is 0.167. The third-order valence-electron chi connectivity index (χ3n) is 13.4. The molecule has 0 aromatic heterocycles. The molecule has 2 N–H and O–H groups in total. The lowest BCUT2D eigenvalue weighted by Gasteiger charge is -2.37. The Bertz CT molecular complexity index is 2670. The molecule has 5 aromatic rings. The number of hydrogen-bond donors (Lipinski definition) is 2. The summed E-state index contributed by atoms with van der Waals surface area (Å²) in [6.07, 6.45) is -0.428. The highest BCUT2D eigenvalue weighted by Crippen LogP contribution is 2.60. The fraction of sp³-hybridized carbons (Fsp3) is 0.306. The standard InChI is InChI=1S/C49H48N4O9Si/c1-30-47(63(2,3)59)43(24-44(55)50-26-33-11-5-4-10-32(33)22-36(50)27-54)62-49(30)37-23-35(53-40-13-7-9-15-42(40)61-29-46(53)57)20-21-38(37)51(48(49)58)25-31-16-18-34(19-17-31)52-39-12-6-8-14-41(39)60-28-45(52)56/h4-21,23,30,36,43,47,54,59H,22,24-29H2,1-3H3/t30-,36+,43+,47-,49+/m1/s1. The highest BCUT2D eigenvalue weighted by atomic mass is 28.4. The number of carbonyl (C=O) groups excluding carboxylic acids is 4. The van der Waals surface area contributed by atoms with E-state index >= 15 is 4.79 Å².